The van der Waals surface area contributed by atoms with Crippen molar-refractivity contribution in [1.82, 2.24) is 14.7 Å². The van der Waals surface area contributed by atoms with E-state index in [0.717, 1.165) is 53.1 Å². The lowest BCUT2D eigenvalue weighted by Gasteiger charge is -2.16. The smallest absolute Gasteiger partial charge is 0.274 e. The number of hydrogen-bond acceptors (Lipinski definition) is 3. The largest absolute Gasteiger partial charge is 0.335 e. The van der Waals surface area contributed by atoms with Crippen LogP contribution in [-0.2, 0) is 19.4 Å². The zero-order valence-corrected chi connectivity index (χ0v) is 15.9. The molecule has 0 N–H and O–H groups in total. The van der Waals surface area contributed by atoms with Gasteiger partial charge in [0.2, 0.25) is 0 Å². The van der Waals surface area contributed by atoms with E-state index >= 15 is 0 Å². The Labute approximate surface area is 160 Å². The fraction of sp³-hybridized carbons (Fsp3) is 0.300. The van der Waals surface area contributed by atoms with E-state index in [1.165, 1.54) is 6.07 Å². The number of carbonyl (C=O) groups excluding carboxylic acids is 1. The lowest BCUT2D eigenvalue weighted by Crippen LogP contribution is -2.27. The van der Waals surface area contributed by atoms with E-state index in [0.29, 0.717) is 17.9 Å². The fourth-order valence-corrected chi connectivity index (χ4v) is 4.43. The summed E-state index contributed by atoms with van der Waals surface area (Å²) in [6.45, 7) is 2.55. The second-order valence-corrected chi connectivity index (χ2v) is 7.83. The Balaban J connectivity index is 1.68. The van der Waals surface area contributed by atoms with E-state index in [4.69, 9.17) is 0 Å². The van der Waals surface area contributed by atoms with Crippen molar-refractivity contribution in [2.45, 2.75) is 32.7 Å². The highest BCUT2D eigenvalue weighted by molar-refractivity contribution is 7.10. The van der Waals surface area contributed by atoms with Crippen LogP contribution in [0.5, 0.6) is 0 Å². The second kappa shape index (κ2) is 6.88. The first kappa shape index (κ1) is 17.9. The quantitative estimate of drug-likeness (QED) is 0.670. The summed E-state index contributed by atoms with van der Waals surface area (Å²) in [6, 6.07) is 5.72. The average Bonchev–Trinajstić information content (AvgIpc) is 3.34. The molecule has 2 heterocycles. The molecule has 3 aromatic rings. The number of fused-ring (bicyclic) bond motifs is 1. The van der Waals surface area contributed by atoms with Gasteiger partial charge in [0.05, 0.1) is 12.2 Å². The first-order valence-corrected chi connectivity index (χ1v) is 9.68. The molecule has 0 fully saturated rings. The third-order valence-electron chi connectivity index (χ3n) is 4.98. The van der Waals surface area contributed by atoms with Crippen LogP contribution in [0.3, 0.4) is 0 Å². The van der Waals surface area contributed by atoms with Crippen LogP contribution in [0.15, 0.2) is 29.6 Å². The van der Waals surface area contributed by atoms with Gasteiger partial charge in [-0.25, -0.2) is 13.5 Å². The third-order valence-corrected chi connectivity index (χ3v) is 5.98. The molecular weight excluding hydrogens is 368 g/mol. The summed E-state index contributed by atoms with van der Waals surface area (Å²) in [5.41, 5.74) is 3.83. The maximum atomic E-state index is 13.7. The van der Waals surface area contributed by atoms with Gasteiger partial charge in [-0.1, -0.05) is 0 Å². The molecule has 2 aromatic heterocycles. The zero-order valence-electron chi connectivity index (χ0n) is 15.1. The predicted octanol–water partition coefficient (Wildman–Crippen LogP) is 4.28. The molecular formula is C20H19F2N3OS. The Bertz CT molecular complexity index is 1020. The summed E-state index contributed by atoms with van der Waals surface area (Å²) < 4.78 is 28.5. The molecule has 0 radical (unpaired) electrons. The molecule has 0 spiro atoms. The molecule has 7 heteroatoms. The van der Waals surface area contributed by atoms with Crippen molar-refractivity contribution in [1.29, 1.82) is 0 Å². The van der Waals surface area contributed by atoms with E-state index in [1.54, 1.807) is 28.0 Å². The third kappa shape index (κ3) is 3.16. The molecule has 140 valence electrons. The molecule has 0 saturated carbocycles. The van der Waals surface area contributed by atoms with Crippen LogP contribution >= 0.6 is 11.3 Å². The van der Waals surface area contributed by atoms with Gasteiger partial charge in [-0.05, 0) is 55.3 Å². The molecule has 1 amide bonds. The Kier molecular flexibility index (Phi) is 4.55. The number of benzene rings is 1. The summed E-state index contributed by atoms with van der Waals surface area (Å²) in [6.07, 6.45) is 2.46. The van der Waals surface area contributed by atoms with Crippen molar-refractivity contribution in [2.75, 3.05) is 7.05 Å². The Morgan fingerprint density at radius 3 is 2.78 bits per heavy atom. The topological polar surface area (TPSA) is 38.1 Å². The number of halogens is 2. The number of carbonyl (C=O) groups is 1. The van der Waals surface area contributed by atoms with Crippen LogP contribution in [0.25, 0.3) is 5.69 Å². The summed E-state index contributed by atoms with van der Waals surface area (Å²) >= 11 is 1.62. The van der Waals surface area contributed by atoms with Crippen LogP contribution in [-0.4, -0.2) is 27.6 Å². The van der Waals surface area contributed by atoms with Gasteiger partial charge in [0.15, 0.2) is 17.3 Å². The fourth-order valence-electron chi connectivity index (χ4n) is 3.47. The minimum Gasteiger partial charge on any atom is -0.335 e. The number of amides is 1. The van der Waals surface area contributed by atoms with Crippen molar-refractivity contribution < 1.29 is 13.6 Å². The SMILES string of the molecule is Cc1ccsc1CN(C)C(=O)c1nn(-c2ccc(F)c(F)c2)c2c1CCC2. The lowest BCUT2D eigenvalue weighted by atomic mass is 10.2. The molecule has 0 atom stereocenters. The van der Waals surface area contributed by atoms with Gasteiger partial charge < -0.3 is 4.90 Å². The molecule has 1 aliphatic rings. The molecule has 0 unspecified atom stereocenters. The van der Waals surface area contributed by atoms with Crippen molar-refractivity contribution in [3.05, 3.63) is 68.7 Å². The Morgan fingerprint density at radius 2 is 2.07 bits per heavy atom. The van der Waals surface area contributed by atoms with Crippen molar-refractivity contribution in [3.8, 4) is 5.69 Å². The number of thiophene rings is 1. The normalized spacial score (nSPS) is 13.0. The summed E-state index contributed by atoms with van der Waals surface area (Å²) in [5, 5.41) is 6.50. The number of rotatable bonds is 4. The van der Waals surface area contributed by atoms with Gasteiger partial charge >= 0.3 is 0 Å². The average molecular weight is 387 g/mol. The van der Waals surface area contributed by atoms with E-state index in [9.17, 15) is 13.6 Å². The molecule has 0 aliphatic heterocycles. The van der Waals surface area contributed by atoms with Crippen LogP contribution in [0, 0.1) is 18.6 Å². The van der Waals surface area contributed by atoms with Gasteiger partial charge in [0, 0.05) is 29.2 Å². The standard InChI is InChI=1S/C20H19F2N3OS/c1-12-8-9-27-18(12)11-24(2)20(26)19-14-4-3-5-17(14)25(23-19)13-6-7-15(21)16(22)10-13/h6-10H,3-5,11H2,1-2H3. The highest BCUT2D eigenvalue weighted by Gasteiger charge is 2.29. The second-order valence-electron chi connectivity index (χ2n) is 6.83. The van der Waals surface area contributed by atoms with E-state index in [1.807, 2.05) is 18.4 Å². The zero-order chi connectivity index (χ0) is 19.1. The van der Waals surface area contributed by atoms with Gasteiger partial charge in [-0.15, -0.1) is 11.3 Å². The molecule has 1 aliphatic carbocycles. The van der Waals surface area contributed by atoms with Crippen LogP contribution in [0.1, 0.15) is 38.6 Å². The number of aryl methyl sites for hydroxylation is 1. The first-order valence-electron chi connectivity index (χ1n) is 8.80. The summed E-state index contributed by atoms with van der Waals surface area (Å²) in [4.78, 5) is 15.8. The monoisotopic (exact) mass is 387 g/mol. The molecule has 4 rings (SSSR count). The molecule has 27 heavy (non-hydrogen) atoms. The van der Waals surface area contributed by atoms with Gasteiger partial charge in [-0.2, -0.15) is 5.10 Å². The summed E-state index contributed by atoms with van der Waals surface area (Å²) in [7, 11) is 1.76. The Hall–Kier alpha value is -2.54. The highest BCUT2D eigenvalue weighted by atomic mass is 32.1. The lowest BCUT2D eigenvalue weighted by molar-refractivity contribution is 0.0779. The van der Waals surface area contributed by atoms with Crippen LogP contribution < -0.4 is 0 Å². The molecule has 4 nitrogen and oxygen atoms in total. The summed E-state index contributed by atoms with van der Waals surface area (Å²) in [5.74, 6) is -1.97. The van der Waals surface area contributed by atoms with E-state index in [-0.39, 0.29) is 5.91 Å². The molecule has 0 saturated heterocycles. The maximum Gasteiger partial charge on any atom is 0.274 e. The van der Waals surface area contributed by atoms with E-state index < -0.39 is 11.6 Å². The minimum absolute atomic E-state index is 0.151. The number of nitrogens with zero attached hydrogens (tertiary/aromatic N) is 3. The van der Waals surface area contributed by atoms with Crippen molar-refractivity contribution >= 4 is 17.2 Å². The predicted molar refractivity (Wildman–Crippen MR) is 100 cm³/mol. The van der Waals surface area contributed by atoms with Crippen molar-refractivity contribution in [3.63, 3.8) is 0 Å². The minimum atomic E-state index is -0.923. The van der Waals surface area contributed by atoms with Gasteiger partial charge in [0.1, 0.15) is 0 Å². The molecule has 1 aromatic carbocycles. The Morgan fingerprint density at radius 1 is 1.26 bits per heavy atom. The van der Waals surface area contributed by atoms with Crippen LogP contribution in [0.2, 0.25) is 0 Å². The number of aromatic nitrogens is 2. The van der Waals surface area contributed by atoms with E-state index in [2.05, 4.69) is 5.10 Å². The van der Waals surface area contributed by atoms with Gasteiger partial charge in [0.25, 0.3) is 5.91 Å². The first-order chi connectivity index (χ1) is 13.0. The van der Waals surface area contributed by atoms with Crippen LogP contribution in [0.4, 0.5) is 8.78 Å². The van der Waals surface area contributed by atoms with Crippen molar-refractivity contribution in [2.24, 2.45) is 0 Å². The van der Waals surface area contributed by atoms with Gasteiger partial charge in [-0.3, -0.25) is 4.79 Å². The highest BCUT2D eigenvalue weighted by Crippen LogP contribution is 2.29. The molecule has 0 bridgehead atoms. The number of hydrogen-bond donors (Lipinski definition) is 0. The maximum absolute atomic E-state index is 13.7.